The highest BCUT2D eigenvalue weighted by Gasteiger charge is 2.35. The maximum atomic E-state index is 2.35. The first kappa shape index (κ1) is 18.9. The summed E-state index contributed by atoms with van der Waals surface area (Å²) in [6, 6.07) is 47.2. The molecule has 0 amide bonds. The highest BCUT2D eigenvalue weighted by molar-refractivity contribution is 6.09. The van der Waals surface area contributed by atoms with Gasteiger partial charge in [-0.05, 0) is 77.0 Å². The fraction of sp³-hybridized carbons (Fsp3) is 0.0286. The summed E-state index contributed by atoms with van der Waals surface area (Å²) in [5, 5.41) is 10.6. The second-order valence-corrected chi connectivity index (χ2v) is 9.66. The molecular formula is C35H22. The third-order valence-corrected chi connectivity index (χ3v) is 7.91. The van der Waals surface area contributed by atoms with Crippen LogP contribution in [0.25, 0.3) is 54.2 Å². The summed E-state index contributed by atoms with van der Waals surface area (Å²) in [5.41, 5.74) is 7.04. The summed E-state index contributed by atoms with van der Waals surface area (Å²) in [5.74, 6) is 0.160. The average Bonchev–Trinajstić information content (AvgIpc) is 3.26. The Morgan fingerprint density at radius 1 is 0.314 bits per heavy atom. The highest BCUT2D eigenvalue weighted by Crippen LogP contribution is 2.55. The van der Waals surface area contributed by atoms with Gasteiger partial charge in [0, 0.05) is 5.92 Å². The number of rotatable bonds is 1. The molecule has 0 fully saturated rings. The number of hydrogen-bond donors (Lipinski definition) is 0. The van der Waals surface area contributed by atoms with Crippen LogP contribution in [-0.4, -0.2) is 0 Å². The maximum Gasteiger partial charge on any atom is 0.0376 e. The molecule has 0 atom stereocenters. The van der Waals surface area contributed by atoms with Crippen molar-refractivity contribution in [2.24, 2.45) is 0 Å². The van der Waals surface area contributed by atoms with Crippen molar-refractivity contribution in [3.8, 4) is 11.1 Å². The molecule has 8 rings (SSSR count). The van der Waals surface area contributed by atoms with Crippen molar-refractivity contribution in [2.75, 3.05) is 0 Å². The van der Waals surface area contributed by atoms with E-state index >= 15 is 0 Å². The molecular weight excluding hydrogens is 420 g/mol. The van der Waals surface area contributed by atoms with Gasteiger partial charge in [0.15, 0.2) is 0 Å². The summed E-state index contributed by atoms with van der Waals surface area (Å²) in [4.78, 5) is 0. The van der Waals surface area contributed by atoms with E-state index in [0.717, 1.165) is 0 Å². The predicted molar refractivity (Wildman–Crippen MR) is 149 cm³/mol. The van der Waals surface area contributed by atoms with Gasteiger partial charge in [-0.15, -0.1) is 0 Å². The molecule has 0 aliphatic heterocycles. The molecule has 0 radical (unpaired) electrons. The van der Waals surface area contributed by atoms with Crippen molar-refractivity contribution < 1.29 is 0 Å². The molecule has 7 aromatic carbocycles. The lowest BCUT2D eigenvalue weighted by Crippen LogP contribution is -2.03. The lowest BCUT2D eigenvalue weighted by atomic mass is 9.80. The minimum Gasteiger partial charge on any atom is -0.0616 e. The normalized spacial score (nSPS) is 13.0. The van der Waals surface area contributed by atoms with Crippen molar-refractivity contribution in [1.82, 2.24) is 0 Å². The molecule has 0 aromatic heterocycles. The molecule has 0 saturated heterocycles. The van der Waals surface area contributed by atoms with Gasteiger partial charge in [0.1, 0.15) is 0 Å². The van der Waals surface area contributed by atoms with Crippen molar-refractivity contribution in [3.63, 3.8) is 0 Å². The van der Waals surface area contributed by atoms with Crippen molar-refractivity contribution >= 4 is 43.1 Å². The summed E-state index contributed by atoms with van der Waals surface area (Å²) in [6.45, 7) is 0. The minimum absolute atomic E-state index is 0.160. The van der Waals surface area contributed by atoms with Crippen LogP contribution in [0.1, 0.15) is 22.6 Å². The first-order valence-electron chi connectivity index (χ1n) is 12.3. The second kappa shape index (κ2) is 7.04. The molecule has 1 aliphatic rings. The molecule has 0 heteroatoms. The Balaban J connectivity index is 1.63. The lowest BCUT2D eigenvalue weighted by molar-refractivity contribution is 1.07. The van der Waals surface area contributed by atoms with Gasteiger partial charge in [-0.2, -0.15) is 0 Å². The predicted octanol–water partition coefficient (Wildman–Crippen LogP) is 9.46. The standard InChI is InChI=1S/C35H22/c1-5-13-26-22(9-1)17-19-30-31-20-18-23-10-2-6-14-27(23)34(31)35(33(26)30)32-28-15-7-3-11-24(28)21-25-12-4-8-16-29(25)32/h1-21,35H. The molecule has 162 valence electrons. The van der Waals surface area contributed by atoms with E-state index in [4.69, 9.17) is 0 Å². The van der Waals surface area contributed by atoms with Crippen molar-refractivity contribution in [1.29, 1.82) is 0 Å². The topological polar surface area (TPSA) is 0 Å². The molecule has 35 heavy (non-hydrogen) atoms. The van der Waals surface area contributed by atoms with Crippen molar-refractivity contribution in [3.05, 3.63) is 144 Å². The van der Waals surface area contributed by atoms with Crippen LogP contribution in [0.15, 0.2) is 127 Å². The van der Waals surface area contributed by atoms with Gasteiger partial charge in [-0.25, -0.2) is 0 Å². The molecule has 0 nitrogen and oxygen atoms in total. The van der Waals surface area contributed by atoms with Crippen LogP contribution in [0.4, 0.5) is 0 Å². The SMILES string of the molecule is c1ccc2c3c(ccc2c1)-c1ccc2ccccc2c1C3c1c2ccccc2cc2ccccc12. The monoisotopic (exact) mass is 442 g/mol. The van der Waals surface area contributed by atoms with E-state index in [1.165, 1.54) is 70.9 Å². The Morgan fingerprint density at radius 2 is 0.686 bits per heavy atom. The number of fused-ring (bicyclic) bond motifs is 9. The molecule has 7 aromatic rings. The number of benzene rings is 7. The van der Waals surface area contributed by atoms with Crippen LogP contribution in [0, 0.1) is 0 Å². The van der Waals surface area contributed by atoms with Crippen LogP contribution in [0.3, 0.4) is 0 Å². The van der Waals surface area contributed by atoms with Gasteiger partial charge in [-0.1, -0.05) is 121 Å². The van der Waals surface area contributed by atoms with E-state index in [-0.39, 0.29) is 5.92 Å². The third-order valence-electron chi connectivity index (χ3n) is 7.91. The third kappa shape index (κ3) is 2.57. The highest BCUT2D eigenvalue weighted by atomic mass is 14.4. The smallest absolute Gasteiger partial charge is 0.0376 e. The van der Waals surface area contributed by atoms with E-state index < -0.39 is 0 Å². The Morgan fingerprint density at radius 3 is 1.14 bits per heavy atom. The van der Waals surface area contributed by atoms with E-state index in [1.807, 2.05) is 0 Å². The fourth-order valence-electron chi connectivity index (χ4n) is 6.48. The van der Waals surface area contributed by atoms with Crippen molar-refractivity contribution in [2.45, 2.75) is 5.92 Å². The Labute approximate surface area is 204 Å². The largest absolute Gasteiger partial charge is 0.0616 e. The van der Waals surface area contributed by atoms with E-state index in [9.17, 15) is 0 Å². The zero-order valence-electron chi connectivity index (χ0n) is 19.2. The minimum atomic E-state index is 0.160. The van der Waals surface area contributed by atoms with E-state index in [1.54, 1.807) is 0 Å². The van der Waals surface area contributed by atoms with E-state index in [2.05, 4.69) is 127 Å². The zero-order valence-corrected chi connectivity index (χ0v) is 19.2. The average molecular weight is 443 g/mol. The zero-order chi connectivity index (χ0) is 22.9. The summed E-state index contributed by atoms with van der Waals surface area (Å²) < 4.78 is 0. The Bertz CT molecular complexity index is 1820. The first-order valence-corrected chi connectivity index (χ1v) is 12.3. The van der Waals surface area contributed by atoms with E-state index in [0.29, 0.717) is 0 Å². The van der Waals surface area contributed by atoms with Gasteiger partial charge < -0.3 is 0 Å². The molecule has 0 bridgehead atoms. The number of hydrogen-bond acceptors (Lipinski definition) is 0. The van der Waals surface area contributed by atoms with Gasteiger partial charge in [0.2, 0.25) is 0 Å². The summed E-state index contributed by atoms with van der Waals surface area (Å²) in [6.07, 6.45) is 0. The summed E-state index contributed by atoms with van der Waals surface area (Å²) >= 11 is 0. The van der Waals surface area contributed by atoms with Crippen LogP contribution in [-0.2, 0) is 0 Å². The van der Waals surface area contributed by atoms with Gasteiger partial charge in [-0.3, -0.25) is 0 Å². The molecule has 0 saturated carbocycles. The van der Waals surface area contributed by atoms with Crippen LogP contribution in [0.2, 0.25) is 0 Å². The molecule has 0 heterocycles. The maximum absolute atomic E-state index is 2.35. The van der Waals surface area contributed by atoms with Gasteiger partial charge in [0.05, 0.1) is 0 Å². The van der Waals surface area contributed by atoms with Gasteiger partial charge >= 0.3 is 0 Å². The molecule has 0 spiro atoms. The Hall–Kier alpha value is -4.42. The Kier molecular flexibility index (Phi) is 3.81. The van der Waals surface area contributed by atoms with Crippen LogP contribution in [0.5, 0.6) is 0 Å². The summed E-state index contributed by atoms with van der Waals surface area (Å²) in [7, 11) is 0. The molecule has 0 N–H and O–H groups in total. The first-order chi connectivity index (χ1) is 17.4. The van der Waals surface area contributed by atoms with Gasteiger partial charge in [0.25, 0.3) is 0 Å². The quantitative estimate of drug-likeness (QED) is 0.222. The van der Waals surface area contributed by atoms with Crippen LogP contribution < -0.4 is 0 Å². The van der Waals surface area contributed by atoms with Crippen LogP contribution >= 0.6 is 0 Å². The molecule has 1 aliphatic carbocycles. The second-order valence-electron chi connectivity index (χ2n) is 9.66. The lowest BCUT2D eigenvalue weighted by Gasteiger charge is -2.22. The molecule has 0 unspecified atom stereocenters. The fourth-order valence-corrected chi connectivity index (χ4v) is 6.48.